The second kappa shape index (κ2) is 22.4. The highest BCUT2D eigenvalue weighted by Gasteiger charge is 2.41. The molecule has 0 saturated heterocycles. The van der Waals surface area contributed by atoms with Gasteiger partial charge in [-0.15, -0.1) is 0 Å². The molecule has 366 valence electrons. The molecule has 0 saturated carbocycles. The summed E-state index contributed by atoms with van der Waals surface area (Å²) in [6.45, 7) is 7.47. The van der Waals surface area contributed by atoms with E-state index in [1.54, 1.807) is 112 Å². The highest BCUT2D eigenvalue weighted by molar-refractivity contribution is 6.62. The number of carbonyl (C=O) groups excluding carboxylic acids is 1. The van der Waals surface area contributed by atoms with Crippen molar-refractivity contribution in [3.8, 4) is 34.9 Å². The van der Waals surface area contributed by atoms with Gasteiger partial charge >= 0.3 is 56.9 Å². The first-order chi connectivity index (χ1) is 33.9. The number of carboxylic acid groups (broad SMARTS) is 2. The van der Waals surface area contributed by atoms with Crippen LogP contribution in [0.3, 0.4) is 0 Å². The minimum Gasteiger partial charge on any atom is -0.481 e. The quantitative estimate of drug-likeness (QED) is 0.0356. The monoisotopic (exact) mass is 976 g/mol. The first-order valence-electron chi connectivity index (χ1n) is 22.1. The predicted molar refractivity (Wildman–Crippen MR) is 245 cm³/mol. The maximum absolute atomic E-state index is 11.7. The van der Waals surface area contributed by atoms with Crippen LogP contribution in [-0.4, -0.2) is 86.8 Å². The van der Waals surface area contributed by atoms with Crippen LogP contribution < -0.4 is 44.8 Å². The van der Waals surface area contributed by atoms with Gasteiger partial charge in [-0.25, -0.2) is 0 Å². The number of aromatic nitrogens is 3. The Morgan fingerprint density at radius 3 is 1.11 bits per heavy atom. The lowest BCUT2D eigenvalue weighted by molar-refractivity contribution is -0.905. The van der Waals surface area contributed by atoms with Crippen LogP contribution in [-0.2, 0) is 33.1 Å². The minimum atomic E-state index is -1.20. The van der Waals surface area contributed by atoms with Gasteiger partial charge in [0.05, 0.1) is 62.4 Å². The average molecular weight is 976 g/mol. The van der Waals surface area contributed by atoms with Crippen molar-refractivity contribution in [2.24, 2.45) is 0 Å². The molecule has 0 bridgehead atoms. The van der Waals surface area contributed by atoms with E-state index in [9.17, 15) is 45.1 Å². The van der Waals surface area contributed by atoms with E-state index in [0.717, 1.165) is 36.4 Å². The number of benzene rings is 3. The number of hydrogen-bond donors (Lipinski definition) is 8. The van der Waals surface area contributed by atoms with E-state index < -0.39 is 51.6 Å². The lowest BCUT2D eigenvalue weighted by atomic mass is 9.77. The molecular formula is C47H49B3N3O18+3. The number of rotatable bonds is 13. The van der Waals surface area contributed by atoms with Crippen LogP contribution in [0.15, 0.2) is 110 Å². The Labute approximate surface area is 406 Å². The van der Waals surface area contributed by atoms with Gasteiger partial charge < -0.3 is 58.2 Å². The summed E-state index contributed by atoms with van der Waals surface area (Å²) in [5, 5.41) is 77.2. The normalized spacial score (nSPS) is 16.1. The molecule has 6 aromatic rings. The minimum absolute atomic E-state index is 0.0360. The molecule has 9 rings (SSSR count). The van der Waals surface area contributed by atoms with E-state index in [2.05, 4.69) is 0 Å². The number of pyridine rings is 3. The summed E-state index contributed by atoms with van der Waals surface area (Å²) >= 11 is 0. The second-order valence-electron chi connectivity index (χ2n) is 16.3. The van der Waals surface area contributed by atoms with Crippen molar-refractivity contribution in [3.63, 3.8) is 0 Å². The third-order valence-electron chi connectivity index (χ3n) is 11.3. The summed E-state index contributed by atoms with van der Waals surface area (Å²) < 4.78 is 40.5. The molecule has 21 nitrogen and oxygen atoms in total. The van der Waals surface area contributed by atoms with Crippen molar-refractivity contribution in [3.05, 3.63) is 143 Å². The van der Waals surface area contributed by atoms with Gasteiger partial charge in [0, 0.05) is 32.4 Å². The highest BCUT2D eigenvalue weighted by Crippen LogP contribution is 2.35. The smallest absolute Gasteiger partial charge is 0.481 e. The van der Waals surface area contributed by atoms with Crippen LogP contribution in [0, 0.1) is 20.8 Å². The van der Waals surface area contributed by atoms with Gasteiger partial charge in [0.2, 0.25) is 18.6 Å². The van der Waals surface area contributed by atoms with Crippen LogP contribution in [0.2, 0.25) is 0 Å². The number of carbonyl (C=O) groups is 3. The maximum atomic E-state index is 11.7. The molecular weight excluding hydrogens is 927 g/mol. The summed E-state index contributed by atoms with van der Waals surface area (Å²) in [6, 6.07) is 24.9. The SMILES string of the molecule is CCOC(=O)CC1OB(O)c2cc(Oc3cccc[n+]3O)cc(C)c21.Cc1cc(Oc2cccc[n+]2O)cc2c1C(CC(=O)O)OB2O.Cc1cc(Oc2cccc[n+]2O)cc2c1C(CC(=O)O)OB2O. The molecule has 24 heteroatoms. The van der Waals surface area contributed by atoms with Crippen molar-refractivity contribution in [2.45, 2.75) is 65.3 Å². The van der Waals surface area contributed by atoms with Gasteiger partial charge in [0.1, 0.15) is 17.2 Å². The number of fused-ring (bicyclic) bond motifs is 3. The van der Waals surface area contributed by atoms with Gasteiger partial charge in [-0.05, 0) is 132 Å². The first kappa shape index (κ1) is 51.1. The number of carboxylic acids is 2. The average Bonchev–Trinajstić information content (AvgIpc) is 3.91. The molecule has 0 radical (unpaired) electrons. The molecule has 0 fully saturated rings. The van der Waals surface area contributed by atoms with Crippen LogP contribution in [0.5, 0.6) is 34.9 Å². The van der Waals surface area contributed by atoms with Gasteiger partial charge in [0.15, 0.2) is 0 Å². The topological polar surface area (TPSA) is 289 Å². The summed E-state index contributed by atoms with van der Waals surface area (Å²) in [7, 11) is -3.55. The Bertz CT molecular complexity index is 2820. The largest absolute Gasteiger partial charge is 0.492 e. The highest BCUT2D eigenvalue weighted by atomic mass is 16.6. The molecule has 71 heavy (non-hydrogen) atoms. The van der Waals surface area contributed by atoms with E-state index >= 15 is 0 Å². The fourth-order valence-corrected chi connectivity index (χ4v) is 8.37. The number of esters is 1. The number of nitrogens with zero attached hydrogens (tertiary/aromatic N) is 3. The van der Waals surface area contributed by atoms with Crippen LogP contribution in [0.4, 0.5) is 0 Å². The zero-order valence-corrected chi connectivity index (χ0v) is 38.7. The number of hydrogen-bond acceptors (Lipinski definition) is 16. The molecule has 3 atom stereocenters. The third kappa shape index (κ3) is 12.2. The zero-order valence-electron chi connectivity index (χ0n) is 38.7. The fraction of sp³-hybridized carbons (Fsp3) is 0.234. The van der Waals surface area contributed by atoms with Gasteiger partial charge in [-0.1, -0.05) is 0 Å². The van der Waals surface area contributed by atoms with E-state index in [0.29, 0.717) is 51.4 Å². The van der Waals surface area contributed by atoms with Crippen molar-refractivity contribution in [1.82, 2.24) is 0 Å². The standard InChI is InChI=1S/C17H19BNO6.2C15H14BNO6/c1-3-23-16(20)10-14-17-11(2)8-12(9-13(17)18(21)25-14)24-15-6-4-5-7-19(15)22;2*1-9-6-10(22-13-4-2-3-5-17(13)21)7-11-15(9)12(8-14(18)19)23-16(11)20/h4-9,14,21-22H,3,10H2,1-2H3;2*2-7,12,20H,8H2,1H3,(H-,18,19,21)/q+1;;/p+2. The van der Waals surface area contributed by atoms with Crippen molar-refractivity contribution in [1.29, 1.82) is 0 Å². The van der Waals surface area contributed by atoms with Crippen molar-refractivity contribution in [2.75, 3.05) is 6.61 Å². The Morgan fingerprint density at radius 1 is 0.521 bits per heavy atom. The lowest BCUT2D eigenvalue weighted by Crippen LogP contribution is -2.31. The third-order valence-corrected chi connectivity index (χ3v) is 11.3. The molecule has 6 heterocycles. The summed E-state index contributed by atoms with van der Waals surface area (Å²) in [4.78, 5) is 33.6. The Hall–Kier alpha value is -7.73. The summed E-state index contributed by atoms with van der Waals surface area (Å²) in [5.41, 5.74) is 5.91. The predicted octanol–water partition coefficient (Wildman–Crippen LogP) is 2.12. The lowest BCUT2D eigenvalue weighted by Gasteiger charge is -2.14. The second-order valence-corrected chi connectivity index (χ2v) is 16.3. The summed E-state index contributed by atoms with van der Waals surface area (Å²) in [6.07, 6.45) is 1.96. The molecule has 3 aliphatic rings. The van der Waals surface area contributed by atoms with Crippen molar-refractivity contribution < 1.29 is 102 Å². The van der Waals surface area contributed by atoms with E-state index in [-0.39, 0.29) is 42.9 Å². The molecule has 8 N–H and O–H groups in total. The Kier molecular flexibility index (Phi) is 16.1. The zero-order chi connectivity index (χ0) is 51.1. The molecule has 0 aliphatic carbocycles. The number of ether oxygens (including phenoxy) is 4. The number of aryl methyl sites for hydroxylation is 3. The van der Waals surface area contributed by atoms with E-state index in [1.807, 2.05) is 6.92 Å². The Balaban J connectivity index is 0.000000157. The van der Waals surface area contributed by atoms with Crippen LogP contribution in [0.1, 0.15) is 77.9 Å². The first-order valence-corrected chi connectivity index (χ1v) is 22.1. The molecule has 3 aromatic heterocycles. The van der Waals surface area contributed by atoms with Crippen LogP contribution >= 0.6 is 0 Å². The Morgan fingerprint density at radius 2 is 0.831 bits per heavy atom. The molecule has 3 aliphatic heterocycles. The molecule has 0 amide bonds. The molecule has 0 spiro atoms. The van der Waals surface area contributed by atoms with Gasteiger partial charge in [-0.2, -0.15) is 0 Å². The van der Waals surface area contributed by atoms with Gasteiger partial charge in [0.25, 0.3) is 0 Å². The summed E-state index contributed by atoms with van der Waals surface area (Å²) in [5.74, 6) is -0.450. The number of aliphatic carboxylic acids is 2. The van der Waals surface area contributed by atoms with Crippen LogP contribution in [0.25, 0.3) is 0 Å². The van der Waals surface area contributed by atoms with E-state index in [4.69, 9.17) is 43.1 Å². The molecule has 3 unspecified atom stereocenters. The van der Waals surface area contributed by atoms with E-state index in [1.165, 1.54) is 18.6 Å². The van der Waals surface area contributed by atoms with Crippen molar-refractivity contribution >= 4 is 55.7 Å². The fourth-order valence-electron chi connectivity index (χ4n) is 8.37. The maximum Gasteiger partial charge on any atom is 0.492 e. The molecule has 3 aromatic carbocycles. The van der Waals surface area contributed by atoms with Gasteiger partial charge in [-0.3, -0.25) is 30.0 Å².